The summed E-state index contributed by atoms with van der Waals surface area (Å²) in [4.78, 5) is 3.75. The van der Waals surface area contributed by atoms with Gasteiger partial charge in [0.1, 0.15) is 0 Å². The van der Waals surface area contributed by atoms with Gasteiger partial charge in [-0.2, -0.15) is 5.26 Å². The van der Waals surface area contributed by atoms with Crippen molar-refractivity contribution in [2.24, 2.45) is 0 Å². The second kappa shape index (κ2) is 10.9. The first-order chi connectivity index (χ1) is 23.7. The van der Waals surface area contributed by atoms with E-state index in [9.17, 15) is 5.26 Å². The third kappa shape index (κ3) is 4.14. The summed E-state index contributed by atoms with van der Waals surface area (Å²) in [5.41, 5.74) is 11.2. The van der Waals surface area contributed by atoms with Crippen LogP contribution < -0.4 is 0 Å². The van der Waals surface area contributed by atoms with Gasteiger partial charge in [0.15, 0.2) is 5.69 Å². The van der Waals surface area contributed by atoms with Crippen molar-refractivity contribution < 1.29 is 0 Å². The number of aromatic nitrogens is 2. The van der Waals surface area contributed by atoms with Crippen LogP contribution in [0.3, 0.4) is 0 Å². The van der Waals surface area contributed by atoms with Gasteiger partial charge in [0, 0.05) is 38.5 Å². The fraction of sp³-hybridized carbons (Fsp3) is 0. The normalized spacial score (nSPS) is 11.3. The van der Waals surface area contributed by atoms with E-state index in [0.717, 1.165) is 55.4 Å². The predicted octanol–water partition coefficient (Wildman–Crippen LogP) is 11.6. The lowest BCUT2D eigenvalue weighted by Gasteiger charge is -2.17. The number of nitriles is 1. The molecule has 0 saturated heterocycles. The van der Waals surface area contributed by atoms with Gasteiger partial charge in [-0.3, -0.25) is 0 Å². The smallest absolute Gasteiger partial charge is 0.190 e. The molecule has 2 heterocycles. The molecule has 0 N–H and O–H groups in total. The summed E-state index contributed by atoms with van der Waals surface area (Å²) in [5, 5.41) is 15.1. The molecule has 9 aromatic rings. The van der Waals surface area contributed by atoms with Crippen molar-refractivity contribution in [2.75, 3.05) is 0 Å². The third-order valence-electron chi connectivity index (χ3n) is 9.36. The third-order valence-corrected chi connectivity index (χ3v) is 9.36. The molecular formula is C44H26N4. The maximum atomic E-state index is 10.4. The summed E-state index contributed by atoms with van der Waals surface area (Å²) in [6, 6.07) is 56.8. The Morgan fingerprint density at radius 1 is 0.479 bits per heavy atom. The standard InChI is InChI=1S/C44H26N4/c1-46-33-25-32(28-45)44(43(27-33)48-41-19-8-4-15-37(41)38-16-5-9-20-42(38)48)30-23-21-29(22-24-30)31-11-10-12-34(26-31)47-39-17-6-2-13-35(39)36-14-3-7-18-40(36)47/h2-27H. The minimum absolute atomic E-state index is 0.436. The zero-order valence-corrected chi connectivity index (χ0v) is 25.8. The first-order valence-electron chi connectivity index (χ1n) is 15.9. The Morgan fingerprint density at radius 2 is 0.979 bits per heavy atom. The van der Waals surface area contributed by atoms with Gasteiger partial charge < -0.3 is 9.13 Å². The summed E-state index contributed by atoms with van der Waals surface area (Å²) in [7, 11) is 0. The van der Waals surface area contributed by atoms with Crippen LogP contribution in [-0.4, -0.2) is 9.13 Å². The van der Waals surface area contributed by atoms with Crippen LogP contribution in [0.4, 0.5) is 5.69 Å². The van der Waals surface area contributed by atoms with Crippen molar-refractivity contribution >= 4 is 49.3 Å². The lowest BCUT2D eigenvalue weighted by Crippen LogP contribution is -1.99. The Balaban J connectivity index is 1.20. The SMILES string of the molecule is [C-]#[N+]c1cc(C#N)c(-c2ccc(-c3cccc(-n4c5ccccc5c5ccccc54)c3)cc2)c(-n2c3ccccc3c3ccccc32)c1. The molecule has 0 radical (unpaired) electrons. The number of hydrogen-bond acceptors (Lipinski definition) is 1. The molecule has 7 aromatic carbocycles. The molecule has 4 heteroatoms. The van der Waals surface area contributed by atoms with Crippen LogP contribution in [0.5, 0.6) is 0 Å². The number of benzene rings is 7. The minimum atomic E-state index is 0.436. The number of hydrogen-bond donors (Lipinski definition) is 0. The van der Waals surface area contributed by atoms with E-state index in [4.69, 9.17) is 6.57 Å². The van der Waals surface area contributed by atoms with Crippen molar-refractivity contribution in [3.05, 3.63) is 175 Å². The van der Waals surface area contributed by atoms with Gasteiger partial charge in [-0.1, -0.05) is 109 Å². The van der Waals surface area contributed by atoms with E-state index in [0.29, 0.717) is 11.3 Å². The molecule has 0 atom stereocenters. The van der Waals surface area contributed by atoms with Gasteiger partial charge in [-0.25, -0.2) is 4.85 Å². The molecule has 9 rings (SSSR count). The topological polar surface area (TPSA) is 38.0 Å². The summed E-state index contributed by atoms with van der Waals surface area (Å²) in [6.45, 7) is 7.82. The van der Waals surface area contributed by atoms with Crippen LogP contribution in [0.1, 0.15) is 5.56 Å². The van der Waals surface area contributed by atoms with Crippen LogP contribution in [-0.2, 0) is 0 Å². The Labute approximate surface area is 277 Å². The fourth-order valence-electron chi connectivity index (χ4n) is 7.28. The van der Waals surface area contributed by atoms with Crippen LogP contribution in [0.25, 0.3) is 82.1 Å². The molecule has 2 aromatic heterocycles. The van der Waals surface area contributed by atoms with E-state index < -0.39 is 0 Å². The highest BCUT2D eigenvalue weighted by molar-refractivity contribution is 6.10. The second-order valence-corrected chi connectivity index (χ2v) is 12.0. The highest BCUT2D eigenvalue weighted by atomic mass is 15.0. The van der Waals surface area contributed by atoms with Crippen molar-refractivity contribution in [3.8, 4) is 39.7 Å². The fourth-order valence-corrected chi connectivity index (χ4v) is 7.28. The van der Waals surface area contributed by atoms with Crippen LogP contribution in [0.15, 0.2) is 158 Å². The van der Waals surface area contributed by atoms with Crippen molar-refractivity contribution in [1.82, 2.24) is 9.13 Å². The molecule has 0 aliphatic carbocycles. The quantitative estimate of drug-likeness (QED) is 0.183. The maximum Gasteiger partial charge on any atom is 0.190 e. The molecule has 0 aliphatic heterocycles. The van der Waals surface area contributed by atoms with Gasteiger partial charge in [-0.05, 0) is 65.2 Å². The van der Waals surface area contributed by atoms with Crippen LogP contribution >= 0.6 is 0 Å². The summed E-state index contributed by atoms with van der Waals surface area (Å²) < 4.78 is 4.53. The van der Waals surface area contributed by atoms with Crippen molar-refractivity contribution in [2.45, 2.75) is 0 Å². The average Bonchev–Trinajstić information content (AvgIpc) is 3.67. The molecule has 48 heavy (non-hydrogen) atoms. The van der Waals surface area contributed by atoms with E-state index in [1.165, 1.54) is 21.8 Å². The molecule has 4 nitrogen and oxygen atoms in total. The summed E-state index contributed by atoms with van der Waals surface area (Å²) in [5.74, 6) is 0. The van der Waals surface area contributed by atoms with Crippen molar-refractivity contribution in [3.63, 3.8) is 0 Å². The lowest BCUT2D eigenvalue weighted by atomic mass is 9.95. The number of fused-ring (bicyclic) bond motifs is 6. The van der Waals surface area contributed by atoms with Gasteiger partial charge >= 0.3 is 0 Å². The van der Waals surface area contributed by atoms with Crippen LogP contribution in [0.2, 0.25) is 0 Å². The highest BCUT2D eigenvalue weighted by Gasteiger charge is 2.20. The van der Waals surface area contributed by atoms with E-state index >= 15 is 0 Å². The molecule has 0 aliphatic rings. The molecular weight excluding hydrogens is 585 g/mol. The van der Waals surface area contributed by atoms with E-state index in [1.54, 1.807) is 6.07 Å². The average molecular weight is 611 g/mol. The maximum absolute atomic E-state index is 10.4. The zero-order chi connectivity index (χ0) is 32.2. The first-order valence-corrected chi connectivity index (χ1v) is 15.9. The molecule has 0 amide bonds. The first kappa shape index (κ1) is 27.4. The van der Waals surface area contributed by atoms with Gasteiger partial charge in [0.05, 0.1) is 40.3 Å². The summed E-state index contributed by atoms with van der Waals surface area (Å²) in [6.07, 6.45) is 0. The van der Waals surface area contributed by atoms with E-state index in [1.807, 2.05) is 30.3 Å². The molecule has 0 saturated carbocycles. The monoisotopic (exact) mass is 610 g/mol. The molecule has 0 unspecified atom stereocenters. The Hall–Kier alpha value is -6.88. The zero-order valence-electron chi connectivity index (χ0n) is 25.8. The van der Waals surface area contributed by atoms with E-state index in [-0.39, 0.29) is 0 Å². The molecule has 222 valence electrons. The Bertz CT molecular complexity index is 2690. The lowest BCUT2D eigenvalue weighted by molar-refractivity contribution is 1.18. The minimum Gasteiger partial charge on any atom is -0.310 e. The molecule has 0 bridgehead atoms. The predicted molar refractivity (Wildman–Crippen MR) is 197 cm³/mol. The van der Waals surface area contributed by atoms with Gasteiger partial charge in [0.2, 0.25) is 0 Å². The van der Waals surface area contributed by atoms with E-state index in [2.05, 4.69) is 141 Å². The van der Waals surface area contributed by atoms with Gasteiger partial charge in [0.25, 0.3) is 0 Å². The number of nitrogens with zero attached hydrogens (tertiary/aromatic N) is 4. The summed E-state index contributed by atoms with van der Waals surface area (Å²) >= 11 is 0. The second-order valence-electron chi connectivity index (χ2n) is 12.0. The van der Waals surface area contributed by atoms with Crippen molar-refractivity contribution in [1.29, 1.82) is 5.26 Å². The van der Waals surface area contributed by atoms with Gasteiger partial charge in [-0.15, -0.1) is 0 Å². The Kier molecular flexibility index (Phi) is 6.22. The Morgan fingerprint density at radius 3 is 1.50 bits per heavy atom. The molecule has 0 spiro atoms. The molecule has 0 fully saturated rings. The number of para-hydroxylation sites is 4. The number of rotatable bonds is 4. The largest absolute Gasteiger partial charge is 0.310 e. The van der Waals surface area contributed by atoms with Crippen LogP contribution in [0, 0.1) is 17.9 Å². The highest BCUT2D eigenvalue weighted by Crippen LogP contribution is 2.40.